The van der Waals surface area contributed by atoms with Gasteiger partial charge in [0.25, 0.3) is 11.5 Å². The van der Waals surface area contributed by atoms with Crippen LogP contribution in [0.2, 0.25) is 0 Å². The maximum absolute atomic E-state index is 13.3. The van der Waals surface area contributed by atoms with E-state index in [0.29, 0.717) is 29.6 Å². The van der Waals surface area contributed by atoms with Crippen LogP contribution >= 0.6 is 0 Å². The lowest BCUT2D eigenvalue weighted by Gasteiger charge is -2.35. The van der Waals surface area contributed by atoms with Crippen molar-refractivity contribution < 1.29 is 4.79 Å². The highest BCUT2D eigenvalue weighted by atomic mass is 16.2. The number of amides is 1. The summed E-state index contributed by atoms with van der Waals surface area (Å²) >= 11 is 0. The number of benzene rings is 1. The summed E-state index contributed by atoms with van der Waals surface area (Å²) < 4.78 is 3.18. The van der Waals surface area contributed by atoms with Crippen LogP contribution in [0, 0.1) is 0 Å². The van der Waals surface area contributed by atoms with Crippen molar-refractivity contribution >= 4 is 22.4 Å². The lowest BCUT2D eigenvalue weighted by molar-refractivity contribution is 0.0740. The Labute approximate surface area is 163 Å². The van der Waals surface area contributed by atoms with Crippen LogP contribution < -0.4 is 10.5 Å². The number of nitrogens with zero attached hydrogens (tertiary/aromatic N) is 6. The first-order valence-electron chi connectivity index (χ1n) is 9.50. The second kappa shape index (κ2) is 7.10. The van der Waals surface area contributed by atoms with Crippen LogP contribution in [0.15, 0.2) is 41.5 Å². The van der Waals surface area contributed by atoms with E-state index in [1.165, 1.54) is 4.68 Å². The molecule has 0 aliphatic carbocycles. The third-order valence-corrected chi connectivity index (χ3v) is 5.14. The Balaban J connectivity index is 1.63. The fraction of sp³-hybridized carbons (Fsp3) is 0.400. The summed E-state index contributed by atoms with van der Waals surface area (Å²) in [5.41, 5.74) is 1.24. The van der Waals surface area contributed by atoms with E-state index in [-0.39, 0.29) is 17.5 Å². The molecule has 8 heteroatoms. The molecule has 3 aromatic rings. The number of carbonyl (C=O) groups is 1. The van der Waals surface area contributed by atoms with Crippen molar-refractivity contribution in [3.63, 3.8) is 0 Å². The lowest BCUT2D eigenvalue weighted by atomic mass is 10.1. The number of anilines is 1. The molecule has 146 valence electrons. The summed E-state index contributed by atoms with van der Waals surface area (Å²) in [7, 11) is 1.89. The lowest BCUT2D eigenvalue weighted by Crippen LogP contribution is -2.49. The SMILES string of the molecule is CC(C)n1nc(C(=O)N2CCN(c3cnn(C)c3)CC2)c2ccccc2c1=O. The molecule has 0 spiro atoms. The van der Waals surface area contributed by atoms with E-state index in [9.17, 15) is 9.59 Å². The van der Waals surface area contributed by atoms with Crippen LogP contribution in [0.3, 0.4) is 0 Å². The zero-order chi connectivity index (χ0) is 19.8. The number of aryl methyl sites for hydroxylation is 1. The molecule has 0 atom stereocenters. The summed E-state index contributed by atoms with van der Waals surface area (Å²) in [6, 6.07) is 7.09. The first kappa shape index (κ1) is 18.2. The fourth-order valence-electron chi connectivity index (χ4n) is 3.60. The van der Waals surface area contributed by atoms with Crippen molar-refractivity contribution in [3.8, 4) is 0 Å². The summed E-state index contributed by atoms with van der Waals surface area (Å²) in [6.07, 6.45) is 3.82. The molecule has 0 bridgehead atoms. The molecule has 4 rings (SSSR count). The van der Waals surface area contributed by atoms with Crippen LogP contribution in [-0.2, 0) is 7.05 Å². The average Bonchev–Trinajstić information content (AvgIpc) is 3.14. The Morgan fingerprint density at radius 3 is 2.36 bits per heavy atom. The Kier molecular flexibility index (Phi) is 4.62. The van der Waals surface area contributed by atoms with Gasteiger partial charge >= 0.3 is 0 Å². The molecule has 0 N–H and O–H groups in total. The normalized spacial score (nSPS) is 14.9. The molecule has 1 fully saturated rings. The average molecular weight is 380 g/mol. The fourth-order valence-corrected chi connectivity index (χ4v) is 3.60. The molecular weight excluding hydrogens is 356 g/mol. The van der Waals surface area contributed by atoms with Crippen LogP contribution in [0.5, 0.6) is 0 Å². The summed E-state index contributed by atoms with van der Waals surface area (Å²) in [5, 5.41) is 9.80. The van der Waals surface area contributed by atoms with Gasteiger partial charge in [0.05, 0.1) is 23.3 Å². The maximum Gasteiger partial charge on any atom is 0.275 e. The number of aromatic nitrogens is 4. The standard InChI is InChI=1S/C20H24N6O2/c1-14(2)26-19(27)17-7-5-4-6-16(17)18(22-26)20(28)25-10-8-24(9-11-25)15-12-21-23(3)13-15/h4-7,12-14H,8-11H2,1-3H3. The molecule has 1 amide bonds. The number of carbonyl (C=O) groups excluding carboxylic acids is 1. The number of piperazine rings is 1. The molecular formula is C20H24N6O2. The van der Waals surface area contributed by atoms with E-state index in [1.807, 2.05) is 50.3 Å². The maximum atomic E-state index is 13.3. The van der Waals surface area contributed by atoms with E-state index < -0.39 is 0 Å². The van der Waals surface area contributed by atoms with Crippen LogP contribution in [-0.4, -0.2) is 56.5 Å². The Morgan fingerprint density at radius 1 is 1.07 bits per heavy atom. The van der Waals surface area contributed by atoms with Crippen molar-refractivity contribution in [2.45, 2.75) is 19.9 Å². The quantitative estimate of drug-likeness (QED) is 0.691. The van der Waals surface area contributed by atoms with E-state index >= 15 is 0 Å². The minimum atomic E-state index is -0.163. The van der Waals surface area contributed by atoms with E-state index in [1.54, 1.807) is 16.8 Å². The molecule has 1 aromatic carbocycles. The van der Waals surface area contributed by atoms with Gasteiger partial charge in [-0.3, -0.25) is 14.3 Å². The molecule has 2 aromatic heterocycles. The van der Waals surface area contributed by atoms with Crippen LogP contribution in [0.25, 0.3) is 10.8 Å². The van der Waals surface area contributed by atoms with Gasteiger partial charge in [0.15, 0.2) is 5.69 Å². The van der Waals surface area contributed by atoms with Crippen molar-refractivity contribution in [1.29, 1.82) is 0 Å². The van der Waals surface area contributed by atoms with Gasteiger partial charge in [0.1, 0.15) is 0 Å². The molecule has 1 aliphatic heterocycles. The summed E-state index contributed by atoms with van der Waals surface area (Å²) in [6.45, 7) is 6.46. The highest BCUT2D eigenvalue weighted by Crippen LogP contribution is 2.19. The first-order valence-corrected chi connectivity index (χ1v) is 9.50. The third kappa shape index (κ3) is 3.15. The minimum absolute atomic E-state index is 0.119. The van der Waals surface area contributed by atoms with Crippen molar-refractivity contribution in [2.24, 2.45) is 7.05 Å². The van der Waals surface area contributed by atoms with Gasteiger partial charge in [-0.15, -0.1) is 0 Å². The molecule has 0 saturated carbocycles. The predicted molar refractivity (Wildman–Crippen MR) is 108 cm³/mol. The molecule has 1 saturated heterocycles. The first-order chi connectivity index (χ1) is 13.5. The minimum Gasteiger partial charge on any atom is -0.365 e. The van der Waals surface area contributed by atoms with Crippen molar-refractivity contribution in [1.82, 2.24) is 24.5 Å². The smallest absolute Gasteiger partial charge is 0.275 e. The molecule has 0 unspecified atom stereocenters. The largest absolute Gasteiger partial charge is 0.365 e. The number of hydrogen-bond donors (Lipinski definition) is 0. The Hall–Kier alpha value is -3.16. The van der Waals surface area contributed by atoms with E-state index in [4.69, 9.17) is 0 Å². The predicted octanol–water partition coefficient (Wildman–Crippen LogP) is 1.67. The van der Waals surface area contributed by atoms with E-state index in [2.05, 4.69) is 15.1 Å². The number of fused-ring (bicyclic) bond motifs is 1. The van der Waals surface area contributed by atoms with E-state index in [0.717, 1.165) is 18.8 Å². The number of hydrogen-bond acceptors (Lipinski definition) is 5. The molecule has 28 heavy (non-hydrogen) atoms. The zero-order valence-corrected chi connectivity index (χ0v) is 16.4. The van der Waals surface area contributed by atoms with Gasteiger partial charge in [-0.1, -0.05) is 18.2 Å². The number of rotatable bonds is 3. The van der Waals surface area contributed by atoms with Gasteiger partial charge in [-0.2, -0.15) is 10.2 Å². The summed E-state index contributed by atoms with van der Waals surface area (Å²) in [5.74, 6) is -0.128. The second-order valence-electron chi connectivity index (χ2n) is 7.39. The van der Waals surface area contributed by atoms with Crippen LogP contribution in [0.1, 0.15) is 30.4 Å². The molecule has 3 heterocycles. The van der Waals surface area contributed by atoms with Gasteiger partial charge < -0.3 is 9.80 Å². The van der Waals surface area contributed by atoms with Gasteiger partial charge in [0, 0.05) is 44.8 Å². The van der Waals surface area contributed by atoms with Gasteiger partial charge in [-0.25, -0.2) is 4.68 Å². The van der Waals surface area contributed by atoms with Gasteiger partial charge in [-0.05, 0) is 19.9 Å². The van der Waals surface area contributed by atoms with Crippen molar-refractivity contribution in [3.05, 3.63) is 52.7 Å². The monoisotopic (exact) mass is 380 g/mol. The zero-order valence-electron chi connectivity index (χ0n) is 16.4. The van der Waals surface area contributed by atoms with Crippen LogP contribution in [0.4, 0.5) is 5.69 Å². The van der Waals surface area contributed by atoms with Crippen molar-refractivity contribution in [2.75, 3.05) is 31.1 Å². The second-order valence-corrected chi connectivity index (χ2v) is 7.39. The molecule has 8 nitrogen and oxygen atoms in total. The third-order valence-electron chi connectivity index (χ3n) is 5.14. The topological polar surface area (TPSA) is 76.3 Å². The molecule has 0 radical (unpaired) electrons. The Bertz CT molecular complexity index is 1080. The Morgan fingerprint density at radius 2 is 1.75 bits per heavy atom. The highest BCUT2D eigenvalue weighted by Gasteiger charge is 2.26. The molecule has 1 aliphatic rings. The highest BCUT2D eigenvalue weighted by molar-refractivity contribution is 6.04. The van der Waals surface area contributed by atoms with Gasteiger partial charge in [0.2, 0.25) is 0 Å². The summed E-state index contributed by atoms with van der Waals surface area (Å²) in [4.78, 5) is 30.0.